The highest BCUT2D eigenvalue weighted by molar-refractivity contribution is 5.61. The molecular weight excluding hydrogens is 224 g/mol. The molecule has 1 heterocycles. The first-order valence-electron chi connectivity index (χ1n) is 6.96. The Bertz CT molecular complexity index is 427. The Morgan fingerprint density at radius 3 is 3.06 bits per heavy atom. The van der Waals surface area contributed by atoms with Crippen LogP contribution in [0, 0.1) is 5.41 Å². The molecule has 18 heavy (non-hydrogen) atoms. The van der Waals surface area contributed by atoms with E-state index in [1.54, 1.807) is 0 Å². The monoisotopic (exact) mass is 246 g/mol. The van der Waals surface area contributed by atoms with E-state index in [0.29, 0.717) is 5.41 Å². The minimum Gasteiger partial charge on any atom is -0.489 e. The molecule has 3 rings (SSSR count). The van der Waals surface area contributed by atoms with E-state index in [0.717, 1.165) is 37.7 Å². The molecule has 0 saturated heterocycles. The average molecular weight is 246 g/mol. The van der Waals surface area contributed by atoms with Gasteiger partial charge in [-0.1, -0.05) is 25.5 Å². The predicted octanol–water partition coefficient (Wildman–Crippen LogP) is 2.77. The van der Waals surface area contributed by atoms with Crippen molar-refractivity contribution >= 4 is 5.69 Å². The van der Waals surface area contributed by atoms with Gasteiger partial charge in [-0.05, 0) is 24.3 Å². The molecule has 1 saturated carbocycles. The predicted molar refractivity (Wildman–Crippen MR) is 74.1 cm³/mol. The van der Waals surface area contributed by atoms with Crippen LogP contribution in [0.3, 0.4) is 0 Å². The van der Waals surface area contributed by atoms with Gasteiger partial charge in [0.15, 0.2) is 0 Å². The number of para-hydroxylation sites is 1. The maximum absolute atomic E-state index is 5.78. The zero-order valence-corrected chi connectivity index (χ0v) is 11.1. The summed E-state index contributed by atoms with van der Waals surface area (Å²) in [5, 5.41) is 6.97. The van der Waals surface area contributed by atoms with E-state index < -0.39 is 0 Å². The van der Waals surface area contributed by atoms with Crippen LogP contribution in [0.25, 0.3) is 0 Å². The van der Waals surface area contributed by atoms with Crippen molar-refractivity contribution < 1.29 is 4.74 Å². The molecule has 0 atom stereocenters. The first-order chi connectivity index (χ1) is 8.77. The first kappa shape index (κ1) is 11.8. The zero-order valence-electron chi connectivity index (χ0n) is 11.1. The van der Waals surface area contributed by atoms with E-state index in [1.807, 2.05) is 0 Å². The minimum atomic E-state index is 0.536. The molecule has 0 aromatic heterocycles. The van der Waals surface area contributed by atoms with Crippen LogP contribution in [0.2, 0.25) is 0 Å². The van der Waals surface area contributed by atoms with Crippen molar-refractivity contribution in [1.29, 1.82) is 0 Å². The van der Waals surface area contributed by atoms with Gasteiger partial charge in [0, 0.05) is 25.2 Å². The number of benzene rings is 1. The van der Waals surface area contributed by atoms with Crippen LogP contribution in [0.1, 0.15) is 31.7 Å². The molecule has 0 bridgehead atoms. The Kier molecular flexibility index (Phi) is 3.16. The molecule has 1 aliphatic heterocycles. The summed E-state index contributed by atoms with van der Waals surface area (Å²) >= 11 is 0. The van der Waals surface area contributed by atoms with Crippen molar-refractivity contribution in [3.05, 3.63) is 23.8 Å². The van der Waals surface area contributed by atoms with E-state index in [4.69, 9.17) is 4.74 Å². The Morgan fingerprint density at radius 1 is 1.39 bits per heavy atom. The molecule has 1 aromatic rings. The van der Waals surface area contributed by atoms with Crippen molar-refractivity contribution in [2.45, 2.75) is 32.7 Å². The smallest absolute Gasteiger partial charge is 0.146 e. The Hall–Kier alpha value is -1.22. The standard InChI is InChI=1S/C15H22N2O/c1-15(6-3-7-15)11-16-10-12-4-2-5-13-14(12)18-9-8-17-13/h2,4-5,16-17H,3,6-11H2,1H3. The molecule has 3 heteroatoms. The van der Waals surface area contributed by atoms with Gasteiger partial charge in [0.05, 0.1) is 5.69 Å². The third-order valence-corrected chi connectivity index (χ3v) is 4.19. The molecule has 2 aliphatic rings. The number of rotatable bonds is 4. The van der Waals surface area contributed by atoms with Crippen molar-refractivity contribution in [3.8, 4) is 5.75 Å². The number of nitrogens with one attached hydrogen (secondary N) is 2. The lowest BCUT2D eigenvalue weighted by Crippen LogP contribution is -2.37. The molecule has 0 unspecified atom stereocenters. The van der Waals surface area contributed by atoms with Gasteiger partial charge in [-0.25, -0.2) is 0 Å². The number of hydrogen-bond donors (Lipinski definition) is 2. The number of hydrogen-bond acceptors (Lipinski definition) is 3. The van der Waals surface area contributed by atoms with E-state index >= 15 is 0 Å². The Balaban J connectivity index is 1.62. The van der Waals surface area contributed by atoms with Crippen molar-refractivity contribution in [3.63, 3.8) is 0 Å². The highest BCUT2D eigenvalue weighted by Crippen LogP contribution is 2.39. The molecule has 2 N–H and O–H groups in total. The van der Waals surface area contributed by atoms with Crippen LogP contribution >= 0.6 is 0 Å². The summed E-state index contributed by atoms with van der Waals surface area (Å²) in [6, 6.07) is 6.34. The summed E-state index contributed by atoms with van der Waals surface area (Å²) in [7, 11) is 0. The number of ether oxygens (including phenoxy) is 1. The van der Waals surface area contributed by atoms with Crippen LogP contribution < -0.4 is 15.4 Å². The molecule has 98 valence electrons. The van der Waals surface area contributed by atoms with Gasteiger partial charge < -0.3 is 15.4 Å². The normalized spacial score (nSPS) is 20.3. The van der Waals surface area contributed by atoms with Crippen LogP contribution in [0.5, 0.6) is 5.75 Å². The lowest BCUT2D eigenvalue weighted by molar-refractivity contribution is 0.156. The molecule has 0 amide bonds. The van der Waals surface area contributed by atoms with E-state index in [-0.39, 0.29) is 0 Å². The van der Waals surface area contributed by atoms with Gasteiger partial charge in [0.1, 0.15) is 12.4 Å². The van der Waals surface area contributed by atoms with Crippen LogP contribution in [-0.4, -0.2) is 19.7 Å². The molecule has 1 aromatic carbocycles. The van der Waals surface area contributed by atoms with Gasteiger partial charge in [0.25, 0.3) is 0 Å². The summed E-state index contributed by atoms with van der Waals surface area (Å²) in [5.74, 6) is 1.04. The molecule has 0 radical (unpaired) electrons. The Morgan fingerprint density at radius 2 is 2.28 bits per heavy atom. The summed E-state index contributed by atoms with van der Waals surface area (Å²) in [6.07, 6.45) is 4.13. The lowest BCUT2D eigenvalue weighted by atomic mass is 9.70. The molecule has 0 spiro atoms. The van der Waals surface area contributed by atoms with Crippen LogP contribution in [0.15, 0.2) is 18.2 Å². The van der Waals surface area contributed by atoms with Gasteiger partial charge in [0.2, 0.25) is 0 Å². The van der Waals surface area contributed by atoms with E-state index in [1.165, 1.54) is 24.8 Å². The highest BCUT2D eigenvalue weighted by atomic mass is 16.5. The fraction of sp³-hybridized carbons (Fsp3) is 0.600. The van der Waals surface area contributed by atoms with Crippen molar-refractivity contribution in [1.82, 2.24) is 5.32 Å². The second-order valence-electron chi connectivity index (χ2n) is 5.84. The third kappa shape index (κ3) is 2.32. The number of fused-ring (bicyclic) bond motifs is 1. The summed E-state index contributed by atoms with van der Waals surface area (Å²) in [6.45, 7) is 6.07. The third-order valence-electron chi connectivity index (χ3n) is 4.19. The topological polar surface area (TPSA) is 33.3 Å². The molecule has 1 aliphatic carbocycles. The molecule has 1 fully saturated rings. The first-order valence-corrected chi connectivity index (χ1v) is 6.96. The second kappa shape index (κ2) is 4.81. The van der Waals surface area contributed by atoms with Crippen LogP contribution in [0.4, 0.5) is 5.69 Å². The second-order valence-corrected chi connectivity index (χ2v) is 5.84. The summed E-state index contributed by atoms with van der Waals surface area (Å²) in [4.78, 5) is 0. The van der Waals surface area contributed by atoms with Crippen molar-refractivity contribution in [2.24, 2.45) is 5.41 Å². The van der Waals surface area contributed by atoms with Gasteiger partial charge >= 0.3 is 0 Å². The minimum absolute atomic E-state index is 0.536. The largest absolute Gasteiger partial charge is 0.489 e. The molecular formula is C15H22N2O. The zero-order chi connectivity index (χ0) is 12.4. The maximum Gasteiger partial charge on any atom is 0.146 e. The van der Waals surface area contributed by atoms with Gasteiger partial charge in [-0.3, -0.25) is 0 Å². The SMILES string of the molecule is CC1(CNCc2cccc3c2OCCN3)CCC1. The maximum atomic E-state index is 5.78. The van der Waals surface area contributed by atoms with Gasteiger partial charge in [-0.2, -0.15) is 0 Å². The number of anilines is 1. The summed E-state index contributed by atoms with van der Waals surface area (Å²) in [5.41, 5.74) is 2.94. The Labute approximate surface area is 109 Å². The quantitative estimate of drug-likeness (QED) is 0.857. The fourth-order valence-electron chi connectivity index (χ4n) is 2.83. The van der Waals surface area contributed by atoms with Crippen molar-refractivity contribution in [2.75, 3.05) is 25.0 Å². The highest BCUT2D eigenvalue weighted by Gasteiger charge is 2.31. The van der Waals surface area contributed by atoms with E-state index in [9.17, 15) is 0 Å². The molecule has 3 nitrogen and oxygen atoms in total. The fourth-order valence-corrected chi connectivity index (χ4v) is 2.83. The average Bonchev–Trinajstić information content (AvgIpc) is 2.37. The van der Waals surface area contributed by atoms with Crippen LogP contribution in [-0.2, 0) is 6.54 Å². The van der Waals surface area contributed by atoms with E-state index in [2.05, 4.69) is 35.8 Å². The summed E-state index contributed by atoms with van der Waals surface area (Å²) < 4.78 is 5.78. The van der Waals surface area contributed by atoms with Gasteiger partial charge in [-0.15, -0.1) is 0 Å². The lowest BCUT2D eigenvalue weighted by Gasteiger charge is -2.38.